The molecule has 7 heteroatoms. The number of ether oxygens (including phenoxy) is 1. The standard InChI is InChI=1S/C18H16FN3O3/c1-11(25-15-6-3-13(10-20)4-7-15)18(24)22-14-5-8-16(19)17(9-14)21-12(2)23/h3-9,11H,1-2H3,(H,21,23)(H,22,24). The number of anilines is 2. The molecule has 0 saturated heterocycles. The van der Waals surface area contributed by atoms with Crippen LogP contribution in [-0.2, 0) is 9.59 Å². The Hall–Kier alpha value is -3.40. The Morgan fingerprint density at radius 2 is 1.84 bits per heavy atom. The molecule has 0 heterocycles. The molecule has 0 aliphatic rings. The third-order valence-electron chi connectivity index (χ3n) is 3.21. The number of nitriles is 1. The largest absolute Gasteiger partial charge is 0.481 e. The van der Waals surface area contributed by atoms with Crippen LogP contribution in [0.3, 0.4) is 0 Å². The first-order valence-electron chi connectivity index (χ1n) is 7.44. The molecular weight excluding hydrogens is 325 g/mol. The van der Waals surface area contributed by atoms with Gasteiger partial charge < -0.3 is 15.4 Å². The first-order valence-corrected chi connectivity index (χ1v) is 7.44. The highest BCUT2D eigenvalue weighted by Gasteiger charge is 2.16. The molecule has 0 aromatic heterocycles. The molecule has 1 unspecified atom stereocenters. The van der Waals surface area contributed by atoms with Crippen molar-refractivity contribution in [1.29, 1.82) is 5.26 Å². The van der Waals surface area contributed by atoms with Gasteiger partial charge in [0.05, 0.1) is 17.3 Å². The maximum absolute atomic E-state index is 13.6. The van der Waals surface area contributed by atoms with E-state index >= 15 is 0 Å². The van der Waals surface area contributed by atoms with Gasteiger partial charge in [-0.2, -0.15) is 5.26 Å². The predicted molar refractivity (Wildman–Crippen MR) is 90.6 cm³/mol. The second-order valence-corrected chi connectivity index (χ2v) is 5.26. The van der Waals surface area contributed by atoms with Crippen LogP contribution in [-0.4, -0.2) is 17.9 Å². The van der Waals surface area contributed by atoms with Crippen LogP contribution < -0.4 is 15.4 Å². The molecule has 0 bridgehead atoms. The zero-order valence-electron chi connectivity index (χ0n) is 13.7. The van der Waals surface area contributed by atoms with Gasteiger partial charge in [0.25, 0.3) is 5.91 Å². The van der Waals surface area contributed by atoms with E-state index in [4.69, 9.17) is 10.00 Å². The number of carbonyl (C=O) groups is 2. The van der Waals surface area contributed by atoms with Gasteiger partial charge in [0, 0.05) is 12.6 Å². The highest BCUT2D eigenvalue weighted by molar-refractivity contribution is 5.95. The number of carbonyl (C=O) groups excluding carboxylic acids is 2. The molecule has 2 amide bonds. The lowest BCUT2D eigenvalue weighted by molar-refractivity contribution is -0.122. The summed E-state index contributed by atoms with van der Waals surface area (Å²) in [6.07, 6.45) is -0.817. The van der Waals surface area contributed by atoms with Crippen LogP contribution in [0.5, 0.6) is 5.75 Å². The summed E-state index contributed by atoms with van der Waals surface area (Å²) in [6, 6.07) is 12.2. The van der Waals surface area contributed by atoms with E-state index < -0.39 is 23.7 Å². The maximum atomic E-state index is 13.6. The summed E-state index contributed by atoms with van der Waals surface area (Å²) in [6.45, 7) is 2.82. The van der Waals surface area contributed by atoms with E-state index in [9.17, 15) is 14.0 Å². The fraction of sp³-hybridized carbons (Fsp3) is 0.167. The molecule has 0 radical (unpaired) electrons. The number of hydrogen-bond acceptors (Lipinski definition) is 4. The fourth-order valence-electron chi connectivity index (χ4n) is 2.00. The van der Waals surface area contributed by atoms with Crippen molar-refractivity contribution in [3.63, 3.8) is 0 Å². The molecule has 6 nitrogen and oxygen atoms in total. The number of nitrogens with zero attached hydrogens (tertiary/aromatic N) is 1. The Morgan fingerprint density at radius 3 is 2.44 bits per heavy atom. The first kappa shape index (κ1) is 17.9. The molecule has 25 heavy (non-hydrogen) atoms. The average Bonchev–Trinajstić information content (AvgIpc) is 2.58. The Labute approximate surface area is 144 Å². The fourth-order valence-corrected chi connectivity index (χ4v) is 2.00. The molecule has 2 N–H and O–H groups in total. The van der Waals surface area contributed by atoms with Crippen molar-refractivity contribution < 1.29 is 18.7 Å². The molecule has 0 spiro atoms. The van der Waals surface area contributed by atoms with E-state index in [-0.39, 0.29) is 5.69 Å². The minimum atomic E-state index is -0.817. The smallest absolute Gasteiger partial charge is 0.265 e. The average molecular weight is 341 g/mol. The number of rotatable bonds is 5. The Balaban J connectivity index is 2.03. The quantitative estimate of drug-likeness (QED) is 0.874. The second-order valence-electron chi connectivity index (χ2n) is 5.26. The lowest BCUT2D eigenvalue weighted by atomic mass is 10.2. The normalized spacial score (nSPS) is 11.1. The second kappa shape index (κ2) is 7.93. The van der Waals surface area contributed by atoms with E-state index in [1.165, 1.54) is 19.1 Å². The van der Waals surface area contributed by atoms with E-state index in [1.54, 1.807) is 31.2 Å². The van der Waals surface area contributed by atoms with Crippen molar-refractivity contribution >= 4 is 23.2 Å². The highest BCUT2D eigenvalue weighted by atomic mass is 19.1. The van der Waals surface area contributed by atoms with Crippen LogP contribution in [0.15, 0.2) is 42.5 Å². The van der Waals surface area contributed by atoms with Gasteiger partial charge in [0.15, 0.2) is 6.10 Å². The highest BCUT2D eigenvalue weighted by Crippen LogP contribution is 2.20. The molecule has 0 aliphatic carbocycles. The molecule has 2 rings (SSSR count). The summed E-state index contributed by atoms with van der Waals surface area (Å²) in [4.78, 5) is 23.2. The predicted octanol–water partition coefficient (Wildman–Crippen LogP) is 3.06. The third kappa shape index (κ3) is 5.04. The van der Waals surface area contributed by atoms with Crippen LogP contribution in [0.4, 0.5) is 15.8 Å². The summed E-state index contributed by atoms with van der Waals surface area (Å²) in [5, 5.41) is 13.7. The Kier molecular flexibility index (Phi) is 5.69. The van der Waals surface area contributed by atoms with Crippen LogP contribution >= 0.6 is 0 Å². The molecule has 128 valence electrons. The van der Waals surface area contributed by atoms with Crippen LogP contribution in [0, 0.1) is 17.1 Å². The van der Waals surface area contributed by atoms with Crippen molar-refractivity contribution in [2.24, 2.45) is 0 Å². The minimum Gasteiger partial charge on any atom is -0.481 e. The Bertz CT molecular complexity index is 828. The number of amides is 2. The topological polar surface area (TPSA) is 91.2 Å². The van der Waals surface area contributed by atoms with Crippen molar-refractivity contribution in [3.05, 3.63) is 53.8 Å². The van der Waals surface area contributed by atoms with Gasteiger partial charge >= 0.3 is 0 Å². The van der Waals surface area contributed by atoms with E-state index in [0.29, 0.717) is 17.0 Å². The third-order valence-corrected chi connectivity index (χ3v) is 3.21. The first-order chi connectivity index (χ1) is 11.9. The van der Waals surface area contributed by atoms with Crippen molar-refractivity contribution in [1.82, 2.24) is 0 Å². The van der Waals surface area contributed by atoms with Gasteiger partial charge in [0.2, 0.25) is 5.91 Å². The number of halogens is 1. The van der Waals surface area contributed by atoms with Crippen molar-refractivity contribution in [2.75, 3.05) is 10.6 Å². The molecule has 2 aromatic carbocycles. The monoisotopic (exact) mass is 341 g/mol. The molecule has 0 aliphatic heterocycles. The van der Waals surface area contributed by atoms with Crippen molar-refractivity contribution in [2.45, 2.75) is 20.0 Å². The van der Waals surface area contributed by atoms with Gasteiger partial charge in [-0.1, -0.05) is 0 Å². The summed E-state index contributed by atoms with van der Waals surface area (Å²) in [7, 11) is 0. The lowest BCUT2D eigenvalue weighted by Crippen LogP contribution is -2.30. The van der Waals surface area contributed by atoms with E-state index in [2.05, 4.69) is 10.6 Å². The SMILES string of the molecule is CC(=O)Nc1cc(NC(=O)C(C)Oc2ccc(C#N)cc2)ccc1F. The lowest BCUT2D eigenvalue weighted by Gasteiger charge is -2.15. The van der Waals surface area contributed by atoms with E-state index in [0.717, 1.165) is 6.07 Å². The minimum absolute atomic E-state index is 0.0223. The number of benzene rings is 2. The summed E-state index contributed by atoms with van der Waals surface area (Å²) < 4.78 is 19.1. The molecule has 2 aromatic rings. The molecule has 0 fully saturated rings. The zero-order valence-corrected chi connectivity index (χ0v) is 13.7. The van der Waals surface area contributed by atoms with Crippen molar-refractivity contribution in [3.8, 4) is 11.8 Å². The maximum Gasteiger partial charge on any atom is 0.265 e. The summed E-state index contributed by atoms with van der Waals surface area (Å²) in [5.41, 5.74) is 0.789. The summed E-state index contributed by atoms with van der Waals surface area (Å²) in [5.74, 6) is -1.01. The van der Waals surface area contributed by atoms with Crippen LogP contribution in [0.2, 0.25) is 0 Å². The Morgan fingerprint density at radius 1 is 1.16 bits per heavy atom. The van der Waals surface area contributed by atoms with Crippen LogP contribution in [0.25, 0.3) is 0 Å². The van der Waals surface area contributed by atoms with Gasteiger partial charge in [-0.3, -0.25) is 9.59 Å². The molecule has 1 atom stereocenters. The summed E-state index contributed by atoms with van der Waals surface area (Å²) >= 11 is 0. The van der Waals surface area contributed by atoms with Gasteiger partial charge in [0.1, 0.15) is 11.6 Å². The van der Waals surface area contributed by atoms with Gasteiger partial charge in [-0.05, 0) is 49.4 Å². The number of hydrogen-bond donors (Lipinski definition) is 2. The molecule has 0 saturated carbocycles. The van der Waals surface area contributed by atoms with Gasteiger partial charge in [-0.25, -0.2) is 4.39 Å². The van der Waals surface area contributed by atoms with Gasteiger partial charge in [-0.15, -0.1) is 0 Å². The van der Waals surface area contributed by atoms with Crippen LogP contribution in [0.1, 0.15) is 19.4 Å². The van der Waals surface area contributed by atoms with E-state index in [1.807, 2.05) is 6.07 Å². The zero-order chi connectivity index (χ0) is 18.4. The number of nitrogens with one attached hydrogen (secondary N) is 2. The molecular formula is C18H16FN3O3.